The summed E-state index contributed by atoms with van der Waals surface area (Å²) in [6.07, 6.45) is 1.87. The minimum absolute atomic E-state index is 0.137. The molecule has 0 unspecified atom stereocenters. The van der Waals surface area contributed by atoms with Gasteiger partial charge in [-0.25, -0.2) is 0 Å². The number of aromatic nitrogens is 1. The van der Waals surface area contributed by atoms with Crippen molar-refractivity contribution in [3.8, 4) is 11.3 Å². The molecule has 0 spiro atoms. The number of carbonyl (C=O) groups excluding carboxylic acids is 1. The first-order chi connectivity index (χ1) is 14.2. The average molecular weight is 379 g/mol. The number of hydrazone groups is 1. The lowest BCUT2D eigenvalue weighted by Crippen LogP contribution is -2.21. The first-order valence-electron chi connectivity index (χ1n) is 9.32. The van der Waals surface area contributed by atoms with Crippen LogP contribution in [-0.2, 0) is 4.79 Å². The van der Waals surface area contributed by atoms with Crippen LogP contribution in [0.5, 0.6) is 0 Å². The molecule has 0 radical (unpaired) electrons. The molecular formula is C24H17N3O2. The van der Waals surface area contributed by atoms with Gasteiger partial charge in [-0.2, -0.15) is 10.1 Å². The van der Waals surface area contributed by atoms with Gasteiger partial charge >= 0.3 is 0 Å². The zero-order valence-electron chi connectivity index (χ0n) is 15.7. The van der Waals surface area contributed by atoms with Crippen molar-refractivity contribution in [1.82, 2.24) is 5.16 Å². The Morgan fingerprint density at radius 3 is 2.41 bits per heavy atom. The van der Waals surface area contributed by atoms with Gasteiger partial charge in [0.15, 0.2) is 5.76 Å². The van der Waals surface area contributed by atoms with Gasteiger partial charge in [0.2, 0.25) is 0 Å². The summed E-state index contributed by atoms with van der Waals surface area (Å²) in [5, 5.41) is 10.9. The Labute approximate surface area is 167 Å². The van der Waals surface area contributed by atoms with Crippen LogP contribution < -0.4 is 5.01 Å². The van der Waals surface area contributed by atoms with Crippen molar-refractivity contribution in [2.75, 3.05) is 5.01 Å². The molecule has 2 heterocycles. The maximum absolute atomic E-state index is 12.9. The van der Waals surface area contributed by atoms with Crippen molar-refractivity contribution in [2.24, 2.45) is 5.10 Å². The molecule has 29 heavy (non-hydrogen) atoms. The molecule has 5 rings (SSSR count). The summed E-state index contributed by atoms with van der Waals surface area (Å²) in [6.45, 7) is 1.85. The van der Waals surface area contributed by atoms with E-state index >= 15 is 0 Å². The predicted molar refractivity (Wildman–Crippen MR) is 114 cm³/mol. The van der Waals surface area contributed by atoms with E-state index in [1.807, 2.05) is 91.9 Å². The summed E-state index contributed by atoms with van der Waals surface area (Å²) in [6, 6.07) is 25.1. The number of hydrogen-bond donors (Lipinski definition) is 0. The fourth-order valence-electron chi connectivity index (χ4n) is 3.44. The molecule has 1 aliphatic rings. The number of benzene rings is 3. The largest absolute Gasteiger partial charge is 0.355 e. The molecular weight excluding hydrogens is 362 g/mol. The Hall–Kier alpha value is -3.99. The smallest absolute Gasteiger partial charge is 0.280 e. The monoisotopic (exact) mass is 379 g/mol. The molecule has 5 nitrogen and oxygen atoms in total. The fourth-order valence-corrected chi connectivity index (χ4v) is 3.44. The van der Waals surface area contributed by atoms with Gasteiger partial charge in [0.05, 0.1) is 22.4 Å². The third-order valence-corrected chi connectivity index (χ3v) is 4.91. The van der Waals surface area contributed by atoms with Crippen molar-refractivity contribution in [1.29, 1.82) is 0 Å². The predicted octanol–water partition coefficient (Wildman–Crippen LogP) is 5.30. The fraction of sp³-hybridized carbons (Fsp3) is 0.0417. The second-order valence-corrected chi connectivity index (χ2v) is 6.85. The number of nitrogens with zero attached hydrogens (tertiary/aromatic N) is 3. The highest BCUT2D eigenvalue weighted by molar-refractivity contribution is 6.32. The number of fused-ring (bicyclic) bond motifs is 1. The normalized spacial score (nSPS) is 15.3. The van der Waals surface area contributed by atoms with Gasteiger partial charge in [0.1, 0.15) is 5.52 Å². The van der Waals surface area contributed by atoms with Crippen LogP contribution in [0.15, 0.2) is 94.1 Å². The van der Waals surface area contributed by atoms with Crippen molar-refractivity contribution in [3.63, 3.8) is 0 Å². The summed E-state index contributed by atoms with van der Waals surface area (Å²) in [5.41, 5.74) is 4.65. The molecule has 1 aromatic heterocycles. The molecule has 0 bridgehead atoms. The summed E-state index contributed by atoms with van der Waals surface area (Å²) in [5.74, 6) is 0.581. The molecule has 0 aliphatic carbocycles. The van der Waals surface area contributed by atoms with E-state index in [-0.39, 0.29) is 5.91 Å². The molecule has 5 heteroatoms. The van der Waals surface area contributed by atoms with E-state index in [1.54, 1.807) is 0 Å². The average Bonchev–Trinajstić information content (AvgIpc) is 3.31. The van der Waals surface area contributed by atoms with E-state index in [0.29, 0.717) is 11.3 Å². The molecule has 140 valence electrons. The second kappa shape index (κ2) is 6.87. The van der Waals surface area contributed by atoms with Crippen molar-refractivity contribution >= 4 is 34.3 Å². The molecule has 3 aromatic carbocycles. The van der Waals surface area contributed by atoms with Crippen molar-refractivity contribution in [2.45, 2.75) is 6.92 Å². The Kier molecular flexibility index (Phi) is 4.06. The molecule has 1 aliphatic heterocycles. The van der Waals surface area contributed by atoms with Crippen LogP contribution in [0.2, 0.25) is 0 Å². The molecule has 1 amide bonds. The van der Waals surface area contributed by atoms with Gasteiger partial charge < -0.3 is 4.52 Å². The number of hydrogen-bond acceptors (Lipinski definition) is 4. The number of carbonyl (C=O) groups is 1. The van der Waals surface area contributed by atoms with Gasteiger partial charge in [-0.1, -0.05) is 59.8 Å². The van der Waals surface area contributed by atoms with Crippen LogP contribution in [-0.4, -0.2) is 16.8 Å². The van der Waals surface area contributed by atoms with E-state index in [2.05, 4.69) is 10.3 Å². The molecule has 0 saturated carbocycles. The first-order valence-corrected chi connectivity index (χ1v) is 9.32. The summed E-state index contributed by atoms with van der Waals surface area (Å²) >= 11 is 0. The Morgan fingerprint density at radius 1 is 0.931 bits per heavy atom. The Bertz CT molecular complexity index is 1270. The van der Waals surface area contributed by atoms with Gasteiger partial charge in [-0.05, 0) is 42.8 Å². The molecule has 0 atom stereocenters. The lowest BCUT2D eigenvalue weighted by molar-refractivity contribution is -0.114. The topological polar surface area (TPSA) is 58.7 Å². The molecule has 4 aromatic rings. The van der Waals surface area contributed by atoms with Crippen LogP contribution in [0.1, 0.15) is 12.5 Å². The molecule has 0 fully saturated rings. The highest BCUT2D eigenvalue weighted by Gasteiger charge is 2.28. The number of anilines is 1. The lowest BCUT2D eigenvalue weighted by Gasteiger charge is -2.11. The highest BCUT2D eigenvalue weighted by Crippen LogP contribution is 2.30. The number of amides is 1. The van der Waals surface area contributed by atoms with Crippen LogP contribution >= 0.6 is 0 Å². The zero-order valence-corrected chi connectivity index (χ0v) is 15.7. The van der Waals surface area contributed by atoms with Gasteiger partial charge in [0, 0.05) is 5.56 Å². The van der Waals surface area contributed by atoms with E-state index < -0.39 is 0 Å². The van der Waals surface area contributed by atoms with Crippen LogP contribution in [0, 0.1) is 0 Å². The number of rotatable bonds is 3. The third-order valence-electron chi connectivity index (χ3n) is 4.91. The maximum Gasteiger partial charge on any atom is 0.280 e. The van der Waals surface area contributed by atoms with Gasteiger partial charge in [0.25, 0.3) is 5.91 Å². The van der Waals surface area contributed by atoms with Crippen molar-refractivity contribution in [3.05, 3.63) is 90.0 Å². The number of para-hydroxylation sites is 1. The SMILES string of the molecule is CC1=NN(c2ccccc2)C(=O)/C1=C\c1ccc2noc(-c3ccccc3)c2c1. The van der Waals surface area contributed by atoms with Crippen LogP contribution in [0.3, 0.4) is 0 Å². The summed E-state index contributed by atoms with van der Waals surface area (Å²) in [4.78, 5) is 12.9. The standard InChI is InChI=1S/C24H17N3O2/c1-16-20(24(28)27(25-16)19-10-6-3-7-11-19)14-17-12-13-22-21(15-17)23(29-26-22)18-8-4-2-5-9-18/h2-15H,1H3/b20-14-. The van der Waals surface area contributed by atoms with Crippen LogP contribution in [0.4, 0.5) is 5.69 Å². The Balaban J connectivity index is 1.54. The second-order valence-electron chi connectivity index (χ2n) is 6.85. The minimum atomic E-state index is -0.137. The van der Waals surface area contributed by atoms with E-state index in [4.69, 9.17) is 4.52 Å². The van der Waals surface area contributed by atoms with Crippen molar-refractivity contribution < 1.29 is 9.32 Å². The lowest BCUT2D eigenvalue weighted by atomic mass is 10.0. The van der Waals surface area contributed by atoms with Crippen LogP contribution in [0.25, 0.3) is 28.3 Å². The highest BCUT2D eigenvalue weighted by atomic mass is 16.5. The maximum atomic E-state index is 12.9. The van der Waals surface area contributed by atoms with Gasteiger partial charge in [-0.3, -0.25) is 4.79 Å². The third kappa shape index (κ3) is 3.02. The Morgan fingerprint density at radius 2 is 1.66 bits per heavy atom. The summed E-state index contributed by atoms with van der Waals surface area (Å²) in [7, 11) is 0. The van der Waals surface area contributed by atoms with E-state index in [9.17, 15) is 4.79 Å². The zero-order chi connectivity index (χ0) is 19.8. The minimum Gasteiger partial charge on any atom is -0.355 e. The van der Waals surface area contributed by atoms with E-state index in [1.165, 1.54) is 5.01 Å². The molecule has 0 saturated heterocycles. The summed E-state index contributed by atoms with van der Waals surface area (Å²) < 4.78 is 5.57. The van der Waals surface area contributed by atoms with E-state index in [0.717, 1.165) is 33.5 Å². The van der Waals surface area contributed by atoms with Gasteiger partial charge in [-0.15, -0.1) is 0 Å². The first kappa shape index (κ1) is 17.1. The quantitative estimate of drug-likeness (QED) is 0.454. The molecule has 0 N–H and O–H groups in total.